The Morgan fingerprint density at radius 1 is 0.881 bits per heavy atom. The largest absolute Gasteiger partial charge is 0.461 e. The van der Waals surface area contributed by atoms with Gasteiger partial charge < -0.3 is 48.8 Å². The van der Waals surface area contributed by atoms with Crippen molar-refractivity contribution >= 4 is 11.9 Å². The molecule has 12 nitrogen and oxygen atoms in total. The number of carbonyl (C=O) groups is 2. The minimum atomic E-state index is -1.69. The Hall–Kier alpha value is -2.94. The van der Waals surface area contributed by atoms with Crippen molar-refractivity contribution in [1.82, 2.24) is 0 Å². The Morgan fingerprint density at radius 3 is 2.14 bits per heavy atom. The molecule has 2 aromatic carbocycles. The molecule has 0 amide bonds. The van der Waals surface area contributed by atoms with E-state index in [9.17, 15) is 30.0 Å². The van der Waals surface area contributed by atoms with Gasteiger partial charge in [-0.25, -0.2) is 9.59 Å². The third kappa shape index (κ3) is 3.70. The highest BCUT2D eigenvalue weighted by Gasteiger charge is 2.94. The summed E-state index contributed by atoms with van der Waals surface area (Å²) >= 11 is 0. The maximum absolute atomic E-state index is 12.9. The van der Waals surface area contributed by atoms with Crippen LogP contribution in [0, 0.1) is 11.3 Å². The fourth-order valence-corrected chi connectivity index (χ4v) is 7.68. The van der Waals surface area contributed by atoms with Gasteiger partial charge in [-0.1, -0.05) is 36.4 Å². The molecule has 4 aliphatic heterocycles. The van der Waals surface area contributed by atoms with Gasteiger partial charge in [-0.15, -0.1) is 0 Å². The lowest BCUT2D eigenvalue weighted by Crippen LogP contribution is -2.80. The second-order valence-electron chi connectivity index (χ2n) is 12.0. The third-order valence-corrected chi connectivity index (χ3v) is 9.78. The molecule has 42 heavy (non-hydrogen) atoms. The SMILES string of the molecule is C[C@@]12C[C@@]3(O)OC(O1)C1(COC(=O)c4ccccc4)C3C[C@]12OC1OC(COC(=O)c2ccccc2)C(O)C(O)C1O. The van der Waals surface area contributed by atoms with Crippen LogP contribution in [-0.4, -0.2) is 99.6 Å². The van der Waals surface area contributed by atoms with Crippen LogP contribution in [0.25, 0.3) is 0 Å². The van der Waals surface area contributed by atoms with Crippen molar-refractivity contribution in [1.29, 1.82) is 0 Å². The minimum Gasteiger partial charge on any atom is -0.461 e. The van der Waals surface area contributed by atoms with Gasteiger partial charge >= 0.3 is 11.9 Å². The molecule has 4 saturated heterocycles. The summed E-state index contributed by atoms with van der Waals surface area (Å²) in [7, 11) is 0. The van der Waals surface area contributed by atoms with Gasteiger partial charge in [0.25, 0.3) is 0 Å². The number of aliphatic hydroxyl groups excluding tert-OH is 3. The highest BCUT2D eigenvalue weighted by atomic mass is 16.8. The maximum atomic E-state index is 12.9. The lowest BCUT2D eigenvalue weighted by atomic mass is 9.41. The van der Waals surface area contributed by atoms with Crippen molar-refractivity contribution in [3.8, 4) is 0 Å². The van der Waals surface area contributed by atoms with E-state index < -0.39 is 83.9 Å². The third-order valence-electron chi connectivity index (χ3n) is 9.78. The molecule has 3 saturated carbocycles. The predicted octanol–water partition coefficient (Wildman–Crippen LogP) is 0.507. The van der Waals surface area contributed by atoms with Crippen LogP contribution < -0.4 is 0 Å². The van der Waals surface area contributed by atoms with E-state index in [4.69, 9.17) is 28.4 Å². The molecular weight excluding hydrogens is 552 g/mol. The predicted molar refractivity (Wildman–Crippen MR) is 138 cm³/mol. The van der Waals surface area contributed by atoms with Crippen molar-refractivity contribution in [2.75, 3.05) is 13.2 Å². The van der Waals surface area contributed by atoms with E-state index in [1.54, 1.807) is 67.6 Å². The van der Waals surface area contributed by atoms with Gasteiger partial charge in [-0.05, 0) is 37.6 Å². The molecule has 0 aromatic heterocycles. The first-order chi connectivity index (χ1) is 20.0. The quantitative estimate of drug-likeness (QED) is 0.318. The molecule has 7 aliphatic rings. The Balaban J connectivity index is 1.13. The van der Waals surface area contributed by atoms with Gasteiger partial charge in [-0.2, -0.15) is 0 Å². The summed E-state index contributed by atoms with van der Waals surface area (Å²) in [6, 6.07) is 16.7. The fourth-order valence-electron chi connectivity index (χ4n) is 7.68. The number of carbonyl (C=O) groups excluding carboxylic acids is 2. The van der Waals surface area contributed by atoms with Crippen LogP contribution in [0.4, 0.5) is 0 Å². The van der Waals surface area contributed by atoms with Crippen molar-refractivity contribution in [3.63, 3.8) is 0 Å². The zero-order chi connectivity index (χ0) is 29.5. The first kappa shape index (κ1) is 27.9. The summed E-state index contributed by atoms with van der Waals surface area (Å²) in [6.07, 6.45) is -8.34. The summed E-state index contributed by atoms with van der Waals surface area (Å²) in [6.45, 7) is 1.12. The van der Waals surface area contributed by atoms with Crippen molar-refractivity contribution in [3.05, 3.63) is 71.8 Å². The number of rotatable bonds is 8. The fraction of sp³-hybridized carbons (Fsp3) is 0.533. The second kappa shape index (κ2) is 9.53. The first-order valence-electron chi connectivity index (χ1n) is 13.9. The smallest absolute Gasteiger partial charge is 0.338 e. The lowest BCUT2D eigenvalue weighted by Gasteiger charge is -2.67. The van der Waals surface area contributed by atoms with Gasteiger partial charge in [0.1, 0.15) is 48.8 Å². The van der Waals surface area contributed by atoms with E-state index in [2.05, 4.69) is 0 Å². The maximum Gasteiger partial charge on any atom is 0.338 e. The number of esters is 2. The summed E-state index contributed by atoms with van der Waals surface area (Å²) in [4.78, 5) is 25.4. The molecule has 4 heterocycles. The van der Waals surface area contributed by atoms with Gasteiger partial charge in [0.2, 0.25) is 0 Å². The van der Waals surface area contributed by atoms with Crippen LogP contribution in [0.3, 0.4) is 0 Å². The van der Waals surface area contributed by atoms with Crippen LogP contribution in [0.2, 0.25) is 0 Å². The number of ether oxygens (including phenoxy) is 6. The standard InChI is InChI=1S/C30H32O12/c1-27-14-29(36)19-12-30(27,28(19,26(41-27)42-29)15-38-24(35)17-10-6-3-7-11-17)40-25-22(33)21(32)20(31)18(39-25)13-37-23(34)16-8-4-2-5-9-16/h2-11,18-22,25-26,31-33,36H,12-15H2,1H3/t18?,19?,20?,21?,22?,25?,26?,27-,28?,29+,30+/m0/s1. The Morgan fingerprint density at radius 2 is 1.50 bits per heavy atom. The molecule has 11 atom stereocenters. The molecule has 4 N–H and O–H groups in total. The molecule has 8 unspecified atom stereocenters. The average molecular weight is 585 g/mol. The Labute approximate surface area is 240 Å². The van der Waals surface area contributed by atoms with E-state index in [0.29, 0.717) is 11.1 Å². The van der Waals surface area contributed by atoms with E-state index in [1.165, 1.54) is 0 Å². The second-order valence-corrected chi connectivity index (χ2v) is 12.0. The Bertz CT molecular complexity index is 1370. The molecule has 3 aliphatic carbocycles. The molecule has 224 valence electrons. The molecular formula is C30H32O12. The molecule has 9 rings (SSSR count). The summed E-state index contributed by atoms with van der Waals surface area (Å²) < 4.78 is 35.7. The summed E-state index contributed by atoms with van der Waals surface area (Å²) in [5.41, 5.74) is -2.88. The molecule has 6 bridgehead atoms. The van der Waals surface area contributed by atoms with Crippen LogP contribution in [0.5, 0.6) is 0 Å². The topological polar surface area (TPSA) is 170 Å². The van der Waals surface area contributed by atoms with Gasteiger partial charge in [-0.3, -0.25) is 0 Å². The van der Waals surface area contributed by atoms with Crippen LogP contribution in [-0.2, 0) is 28.4 Å². The number of hydrogen-bond acceptors (Lipinski definition) is 12. The number of benzene rings is 2. The van der Waals surface area contributed by atoms with Gasteiger partial charge in [0.05, 0.1) is 16.5 Å². The molecule has 0 spiro atoms. The first-order valence-corrected chi connectivity index (χ1v) is 13.9. The molecule has 7 fully saturated rings. The summed E-state index contributed by atoms with van der Waals surface area (Å²) in [5.74, 6) is -3.25. The molecule has 0 radical (unpaired) electrons. The minimum absolute atomic E-state index is 0.0572. The average Bonchev–Trinajstić information content (AvgIpc) is 3.18. The van der Waals surface area contributed by atoms with E-state index in [0.717, 1.165) is 0 Å². The van der Waals surface area contributed by atoms with Crippen molar-refractivity contribution in [2.45, 2.75) is 73.8 Å². The zero-order valence-electron chi connectivity index (χ0n) is 22.7. The normalized spacial score (nSPS) is 44.5. The van der Waals surface area contributed by atoms with Crippen LogP contribution >= 0.6 is 0 Å². The highest BCUT2D eigenvalue weighted by molar-refractivity contribution is 5.89. The zero-order valence-corrected chi connectivity index (χ0v) is 22.7. The highest BCUT2D eigenvalue weighted by Crippen LogP contribution is 2.81. The monoisotopic (exact) mass is 584 g/mol. The van der Waals surface area contributed by atoms with Crippen LogP contribution in [0.15, 0.2) is 60.7 Å². The van der Waals surface area contributed by atoms with Gasteiger partial charge in [0.15, 0.2) is 18.4 Å². The van der Waals surface area contributed by atoms with Gasteiger partial charge in [0, 0.05) is 12.3 Å². The van der Waals surface area contributed by atoms with Crippen molar-refractivity contribution < 1.29 is 58.4 Å². The van der Waals surface area contributed by atoms with E-state index in [-0.39, 0.29) is 19.4 Å². The van der Waals surface area contributed by atoms with E-state index >= 15 is 0 Å². The number of hydrogen-bond donors (Lipinski definition) is 4. The van der Waals surface area contributed by atoms with Crippen molar-refractivity contribution in [2.24, 2.45) is 11.3 Å². The van der Waals surface area contributed by atoms with E-state index in [1.807, 2.05) is 0 Å². The Kier molecular flexibility index (Phi) is 6.32. The number of aliphatic hydroxyl groups is 4. The summed E-state index contributed by atoms with van der Waals surface area (Å²) in [5, 5.41) is 43.6. The lowest BCUT2D eigenvalue weighted by molar-refractivity contribution is -0.424. The molecule has 2 aromatic rings. The molecule has 12 heteroatoms. The van der Waals surface area contributed by atoms with Crippen LogP contribution in [0.1, 0.15) is 40.5 Å².